The Morgan fingerprint density at radius 1 is 1.31 bits per heavy atom. The highest BCUT2D eigenvalue weighted by atomic mass is 19.4. The molecule has 2 amide bonds. The number of carboxylic acids is 1. The Labute approximate surface area is 179 Å². The van der Waals surface area contributed by atoms with Crippen molar-refractivity contribution in [2.24, 2.45) is 5.73 Å². The molecule has 0 saturated heterocycles. The second-order valence-electron chi connectivity index (χ2n) is 6.68. The molecule has 1 rings (SSSR count). The topological polar surface area (TPSA) is 187 Å². The summed E-state index contributed by atoms with van der Waals surface area (Å²) in [5.74, 6) is -5.57. The van der Waals surface area contributed by atoms with Crippen LogP contribution in [0.3, 0.4) is 0 Å². The van der Waals surface area contributed by atoms with Crippen molar-refractivity contribution in [3.63, 3.8) is 0 Å². The number of hydrogen-bond acceptors (Lipinski definition) is 9. The van der Waals surface area contributed by atoms with E-state index in [1.165, 1.54) is 0 Å². The van der Waals surface area contributed by atoms with E-state index in [0.717, 1.165) is 13.0 Å². The highest BCUT2D eigenvalue weighted by Crippen LogP contribution is 2.25. The monoisotopic (exact) mass is 471 g/mol. The Morgan fingerprint density at radius 3 is 2.44 bits per heavy atom. The van der Waals surface area contributed by atoms with Gasteiger partial charge < -0.3 is 40.8 Å². The van der Waals surface area contributed by atoms with Crippen LogP contribution in [-0.4, -0.2) is 83.9 Å². The number of carbonyl (C=O) groups is 4. The normalized spacial score (nSPS) is 22.5. The zero-order valence-electron chi connectivity index (χ0n) is 17.0. The number of nitrogens with two attached hydrogens (primary N) is 1. The molecular weight excluding hydrogens is 447 g/mol. The third-order valence-electron chi connectivity index (χ3n) is 4.04. The number of hydrogen-bond donors (Lipinski definition) is 5. The van der Waals surface area contributed by atoms with Gasteiger partial charge in [0.1, 0.15) is 12.7 Å². The summed E-state index contributed by atoms with van der Waals surface area (Å²) < 4.78 is 51.4. The maximum atomic E-state index is 12.4. The van der Waals surface area contributed by atoms with Crippen LogP contribution < -0.4 is 16.4 Å². The van der Waals surface area contributed by atoms with Gasteiger partial charge in [-0.25, -0.2) is 14.4 Å². The van der Waals surface area contributed by atoms with Gasteiger partial charge in [-0.05, 0) is 12.5 Å². The Hall–Kier alpha value is -3.07. The molecular formula is C17H24F3N3O9. The molecule has 0 saturated carbocycles. The zero-order chi connectivity index (χ0) is 24.6. The average molecular weight is 471 g/mol. The van der Waals surface area contributed by atoms with Gasteiger partial charge in [-0.15, -0.1) is 0 Å². The zero-order valence-corrected chi connectivity index (χ0v) is 17.0. The maximum Gasteiger partial charge on any atom is 0.490 e. The van der Waals surface area contributed by atoms with E-state index >= 15 is 0 Å². The molecule has 1 aliphatic heterocycles. The van der Waals surface area contributed by atoms with Gasteiger partial charge >= 0.3 is 24.2 Å². The average Bonchev–Trinajstić information content (AvgIpc) is 2.68. The van der Waals surface area contributed by atoms with Crippen molar-refractivity contribution in [2.45, 2.75) is 56.8 Å². The predicted octanol–water partition coefficient (Wildman–Crippen LogP) is -0.843. The summed E-state index contributed by atoms with van der Waals surface area (Å²) in [5, 5.41) is 24.2. The molecule has 0 aromatic heterocycles. The van der Waals surface area contributed by atoms with E-state index < -0.39 is 72.9 Å². The molecule has 5 atom stereocenters. The third-order valence-corrected chi connectivity index (χ3v) is 4.04. The van der Waals surface area contributed by atoms with Crippen molar-refractivity contribution < 1.29 is 56.8 Å². The van der Waals surface area contributed by atoms with E-state index in [2.05, 4.69) is 15.4 Å². The number of alkyl halides is 3. The van der Waals surface area contributed by atoms with E-state index in [1.807, 2.05) is 0 Å². The number of halogens is 3. The minimum Gasteiger partial charge on any atom is -0.477 e. The standard InChI is InChI=1S/C17H24F3N3O9/c1-3-4-22-16(29)32-12(9(25)6-30-15(28)17(18,19)20)13-11(23-7(2)24)8(21)5-10(31-13)14(26)27/h5,8-9,11-13,25H,3-4,6,21H2,1-2H3,(H,22,29)(H,23,24)(H,26,27)/t8-,9+,11+,12+,13+/m0/s1. The van der Waals surface area contributed by atoms with Gasteiger partial charge in [0.25, 0.3) is 0 Å². The first-order valence-corrected chi connectivity index (χ1v) is 9.28. The van der Waals surface area contributed by atoms with Crippen LogP contribution in [0.5, 0.6) is 0 Å². The second kappa shape index (κ2) is 11.5. The largest absolute Gasteiger partial charge is 0.490 e. The van der Waals surface area contributed by atoms with E-state index in [-0.39, 0.29) is 6.54 Å². The van der Waals surface area contributed by atoms with Crippen LogP contribution in [0, 0.1) is 0 Å². The first-order valence-electron chi connectivity index (χ1n) is 9.28. The Bertz CT molecular complexity index is 745. The van der Waals surface area contributed by atoms with E-state index in [1.54, 1.807) is 6.92 Å². The van der Waals surface area contributed by atoms with Crippen molar-refractivity contribution in [2.75, 3.05) is 13.2 Å². The molecule has 12 nitrogen and oxygen atoms in total. The Morgan fingerprint density at radius 2 is 1.94 bits per heavy atom. The van der Waals surface area contributed by atoms with Crippen LogP contribution in [0.2, 0.25) is 0 Å². The number of amides is 2. The van der Waals surface area contributed by atoms with Crippen molar-refractivity contribution in [1.82, 2.24) is 10.6 Å². The summed E-state index contributed by atoms with van der Waals surface area (Å²) in [6.45, 7) is 1.64. The minimum absolute atomic E-state index is 0.130. The van der Waals surface area contributed by atoms with Crippen LogP contribution in [0.4, 0.5) is 18.0 Å². The summed E-state index contributed by atoms with van der Waals surface area (Å²) in [6.07, 6.45) is -10.7. The third kappa shape index (κ3) is 7.88. The molecule has 1 heterocycles. The lowest BCUT2D eigenvalue weighted by atomic mass is 9.92. The molecule has 0 bridgehead atoms. The Kier molecular flexibility index (Phi) is 9.71. The number of esters is 1. The summed E-state index contributed by atoms with van der Waals surface area (Å²) in [4.78, 5) is 45.9. The maximum absolute atomic E-state index is 12.4. The fourth-order valence-corrected chi connectivity index (χ4v) is 2.66. The number of aliphatic hydroxyl groups excluding tert-OH is 1. The van der Waals surface area contributed by atoms with E-state index in [0.29, 0.717) is 6.42 Å². The fourth-order valence-electron chi connectivity index (χ4n) is 2.66. The van der Waals surface area contributed by atoms with Crippen LogP contribution in [-0.2, 0) is 28.6 Å². The SMILES string of the molecule is CCCNC(=O)O[C@@H]([C@@H]1OC(C(=O)O)=C[C@H](N)[C@H]1NC(C)=O)[C@H](O)COC(=O)C(F)(F)F. The van der Waals surface area contributed by atoms with Gasteiger partial charge in [-0.1, -0.05) is 6.92 Å². The molecule has 0 radical (unpaired) electrons. The van der Waals surface area contributed by atoms with Gasteiger partial charge in [0.15, 0.2) is 12.2 Å². The molecule has 32 heavy (non-hydrogen) atoms. The minimum atomic E-state index is -5.35. The highest BCUT2D eigenvalue weighted by molar-refractivity contribution is 5.85. The number of rotatable bonds is 9. The number of ether oxygens (including phenoxy) is 3. The number of alkyl carbamates (subject to hydrolysis) is 1. The van der Waals surface area contributed by atoms with Crippen LogP contribution in [0.15, 0.2) is 11.8 Å². The lowest BCUT2D eigenvalue weighted by Crippen LogP contribution is -2.63. The molecule has 0 spiro atoms. The van der Waals surface area contributed by atoms with Gasteiger partial charge in [-0.2, -0.15) is 13.2 Å². The molecule has 0 fully saturated rings. The van der Waals surface area contributed by atoms with Crippen molar-refractivity contribution in [3.05, 3.63) is 11.8 Å². The molecule has 15 heteroatoms. The van der Waals surface area contributed by atoms with Gasteiger partial charge in [0.2, 0.25) is 11.7 Å². The number of nitrogens with one attached hydrogen (secondary N) is 2. The lowest BCUT2D eigenvalue weighted by Gasteiger charge is -2.40. The highest BCUT2D eigenvalue weighted by Gasteiger charge is 2.47. The quantitative estimate of drug-likeness (QED) is 0.265. The molecule has 1 aliphatic rings. The predicted molar refractivity (Wildman–Crippen MR) is 97.8 cm³/mol. The fraction of sp³-hybridized carbons (Fsp3) is 0.647. The Balaban J connectivity index is 3.23. The first-order chi connectivity index (χ1) is 14.8. The summed E-state index contributed by atoms with van der Waals surface area (Å²) in [5.41, 5.74) is 5.87. The second-order valence-corrected chi connectivity index (χ2v) is 6.68. The molecule has 0 unspecified atom stereocenters. The smallest absolute Gasteiger partial charge is 0.477 e. The summed E-state index contributed by atoms with van der Waals surface area (Å²) in [7, 11) is 0. The molecule has 6 N–H and O–H groups in total. The van der Waals surface area contributed by atoms with Crippen molar-refractivity contribution in [1.29, 1.82) is 0 Å². The molecule has 0 aliphatic carbocycles. The number of carbonyl (C=O) groups excluding carboxylic acids is 3. The van der Waals surface area contributed by atoms with Crippen LogP contribution in [0.1, 0.15) is 20.3 Å². The number of aliphatic hydroxyl groups is 1. The lowest BCUT2D eigenvalue weighted by molar-refractivity contribution is -0.204. The number of aliphatic carboxylic acids is 1. The van der Waals surface area contributed by atoms with Crippen molar-refractivity contribution >= 4 is 23.9 Å². The number of carboxylic acid groups (broad SMARTS) is 1. The molecule has 0 aromatic rings. The van der Waals surface area contributed by atoms with Gasteiger partial charge in [-0.3, -0.25) is 4.79 Å². The van der Waals surface area contributed by atoms with Gasteiger partial charge in [0, 0.05) is 13.5 Å². The van der Waals surface area contributed by atoms with Gasteiger partial charge in [0.05, 0.1) is 12.1 Å². The summed E-state index contributed by atoms with van der Waals surface area (Å²) >= 11 is 0. The first kappa shape index (κ1) is 27.0. The molecule has 0 aromatic carbocycles. The van der Waals surface area contributed by atoms with E-state index in [4.69, 9.17) is 15.2 Å². The molecule has 182 valence electrons. The van der Waals surface area contributed by atoms with Crippen molar-refractivity contribution in [3.8, 4) is 0 Å². The van der Waals surface area contributed by atoms with Crippen LogP contribution in [0.25, 0.3) is 0 Å². The van der Waals surface area contributed by atoms with Crippen LogP contribution >= 0.6 is 0 Å². The van der Waals surface area contributed by atoms with E-state index in [9.17, 15) is 42.6 Å². The summed E-state index contributed by atoms with van der Waals surface area (Å²) in [6, 6.07) is -2.48.